The van der Waals surface area contributed by atoms with Crippen molar-refractivity contribution in [1.82, 2.24) is 15.5 Å². The van der Waals surface area contributed by atoms with Gasteiger partial charge in [-0.1, -0.05) is 0 Å². The van der Waals surface area contributed by atoms with Gasteiger partial charge in [-0.3, -0.25) is 4.90 Å². The van der Waals surface area contributed by atoms with E-state index in [0.29, 0.717) is 13.1 Å². The highest BCUT2D eigenvalue weighted by molar-refractivity contribution is 7.11. The van der Waals surface area contributed by atoms with Crippen LogP contribution in [0, 0.1) is 6.92 Å². The van der Waals surface area contributed by atoms with Gasteiger partial charge in [0.25, 0.3) is 0 Å². The van der Waals surface area contributed by atoms with Crippen molar-refractivity contribution in [2.45, 2.75) is 32.9 Å². The number of ether oxygens (including phenoxy) is 1. The molecule has 0 spiro atoms. The van der Waals surface area contributed by atoms with Crippen molar-refractivity contribution >= 4 is 17.4 Å². The average molecular weight is 311 g/mol. The first kappa shape index (κ1) is 16.3. The van der Waals surface area contributed by atoms with Gasteiger partial charge in [-0.25, -0.2) is 4.79 Å². The van der Waals surface area contributed by atoms with Gasteiger partial charge in [-0.15, -0.1) is 11.3 Å². The number of nitrogens with zero attached hydrogens (tertiary/aromatic N) is 1. The van der Waals surface area contributed by atoms with E-state index in [1.165, 1.54) is 9.75 Å². The highest BCUT2D eigenvalue weighted by atomic mass is 32.1. The van der Waals surface area contributed by atoms with Crippen molar-refractivity contribution in [2.75, 3.05) is 32.8 Å². The first-order valence-electron chi connectivity index (χ1n) is 7.37. The van der Waals surface area contributed by atoms with Crippen LogP contribution in [0.1, 0.15) is 23.6 Å². The molecule has 2 amide bonds. The summed E-state index contributed by atoms with van der Waals surface area (Å²) >= 11 is 1.71. The molecular weight excluding hydrogens is 286 g/mol. The smallest absolute Gasteiger partial charge is 0.315 e. The Kier molecular flexibility index (Phi) is 5.61. The number of carbonyl (C=O) groups is 1. The van der Waals surface area contributed by atoms with Crippen LogP contribution in [0.3, 0.4) is 0 Å². The first-order chi connectivity index (χ1) is 9.97. The van der Waals surface area contributed by atoms with E-state index in [9.17, 15) is 4.79 Å². The molecule has 0 saturated carbocycles. The Morgan fingerprint density at radius 2 is 2.05 bits per heavy atom. The maximum atomic E-state index is 11.9. The maximum absolute atomic E-state index is 11.9. The monoisotopic (exact) mass is 311 g/mol. The summed E-state index contributed by atoms with van der Waals surface area (Å²) in [7, 11) is 0. The van der Waals surface area contributed by atoms with Gasteiger partial charge < -0.3 is 15.4 Å². The Bertz CT molecular complexity index is 467. The van der Waals surface area contributed by atoms with E-state index in [1.807, 2.05) is 0 Å². The fourth-order valence-corrected chi connectivity index (χ4v) is 3.22. The summed E-state index contributed by atoms with van der Waals surface area (Å²) in [6.45, 7) is 11.0. The SMILES string of the molecule is Cc1ccc(CNC(=O)NCC(C)(C)N2CCOCC2)s1. The van der Waals surface area contributed by atoms with Crippen LogP contribution in [0.2, 0.25) is 0 Å². The molecule has 1 aromatic heterocycles. The number of nitrogens with one attached hydrogen (secondary N) is 2. The number of rotatable bonds is 5. The lowest BCUT2D eigenvalue weighted by Gasteiger charge is -2.40. The van der Waals surface area contributed by atoms with E-state index in [1.54, 1.807) is 11.3 Å². The summed E-state index contributed by atoms with van der Waals surface area (Å²) in [5, 5.41) is 5.87. The number of carbonyl (C=O) groups excluding carboxylic acids is 1. The molecule has 0 aromatic carbocycles. The Morgan fingerprint density at radius 1 is 1.33 bits per heavy atom. The average Bonchev–Trinajstić information content (AvgIpc) is 2.90. The zero-order chi connectivity index (χ0) is 15.3. The molecule has 2 heterocycles. The molecule has 0 bridgehead atoms. The van der Waals surface area contributed by atoms with Gasteiger partial charge in [-0.2, -0.15) is 0 Å². The number of morpholine rings is 1. The van der Waals surface area contributed by atoms with Crippen LogP contribution in [-0.2, 0) is 11.3 Å². The minimum Gasteiger partial charge on any atom is -0.379 e. The van der Waals surface area contributed by atoms with Crippen molar-refractivity contribution in [1.29, 1.82) is 0 Å². The van der Waals surface area contributed by atoms with E-state index >= 15 is 0 Å². The topological polar surface area (TPSA) is 53.6 Å². The Balaban J connectivity index is 1.72. The lowest BCUT2D eigenvalue weighted by molar-refractivity contribution is -0.00874. The second-order valence-electron chi connectivity index (χ2n) is 5.96. The van der Waals surface area contributed by atoms with Crippen LogP contribution in [0.15, 0.2) is 12.1 Å². The number of amides is 2. The van der Waals surface area contributed by atoms with E-state index in [0.717, 1.165) is 26.3 Å². The molecule has 0 atom stereocenters. The molecule has 1 aliphatic rings. The van der Waals surface area contributed by atoms with Crippen LogP contribution in [-0.4, -0.2) is 49.3 Å². The van der Waals surface area contributed by atoms with Crippen molar-refractivity contribution in [2.24, 2.45) is 0 Å². The summed E-state index contributed by atoms with van der Waals surface area (Å²) in [5.41, 5.74) is -0.0549. The highest BCUT2D eigenvalue weighted by Crippen LogP contribution is 2.15. The van der Waals surface area contributed by atoms with Gasteiger partial charge in [0.2, 0.25) is 0 Å². The molecule has 5 nitrogen and oxygen atoms in total. The number of hydrogen-bond donors (Lipinski definition) is 2. The highest BCUT2D eigenvalue weighted by Gasteiger charge is 2.28. The number of hydrogen-bond acceptors (Lipinski definition) is 4. The molecular formula is C15H25N3O2S. The second kappa shape index (κ2) is 7.24. The third kappa shape index (κ3) is 4.98. The predicted octanol–water partition coefficient (Wildman–Crippen LogP) is 1.97. The Labute approximate surface area is 130 Å². The van der Waals surface area contributed by atoms with E-state index < -0.39 is 0 Å². The molecule has 1 aliphatic heterocycles. The quantitative estimate of drug-likeness (QED) is 0.874. The van der Waals surface area contributed by atoms with E-state index in [4.69, 9.17) is 4.74 Å². The largest absolute Gasteiger partial charge is 0.379 e. The molecule has 1 aromatic rings. The summed E-state index contributed by atoms with van der Waals surface area (Å²) in [6, 6.07) is 4.02. The molecule has 118 valence electrons. The lowest BCUT2D eigenvalue weighted by Crippen LogP contribution is -2.56. The van der Waals surface area contributed by atoms with Gasteiger partial charge in [0, 0.05) is 34.9 Å². The standard InChI is InChI=1S/C15H25N3O2S/c1-12-4-5-13(21-12)10-16-14(19)17-11-15(2,3)18-6-8-20-9-7-18/h4-5H,6-11H2,1-3H3,(H2,16,17,19). The van der Waals surface area contributed by atoms with E-state index in [2.05, 4.69) is 48.4 Å². The third-order valence-electron chi connectivity index (χ3n) is 3.77. The summed E-state index contributed by atoms with van der Waals surface area (Å²) < 4.78 is 5.37. The number of thiophene rings is 1. The molecule has 2 N–H and O–H groups in total. The van der Waals surface area contributed by atoms with Gasteiger partial charge in [-0.05, 0) is 32.9 Å². The van der Waals surface area contributed by atoms with Crippen LogP contribution >= 0.6 is 11.3 Å². The number of aryl methyl sites for hydroxylation is 1. The first-order valence-corrected chi connectivity index (χ1v) is 8.19. The maximum Gasteiger partial charge on any atom is 0.315 e. The summed E-state index contributed by atoms with van der Waals surface area (Å²) in [6.07, 6.45) is 0. The van der Waals surface area contributed by atoms with Gasteiger partial charge in [0.1, 0.15) is 0 Å². The Morgan fingerprint density at radius 3 is 2.67 bits per heavy atom. The molecule has 21 heavy (non-hydrogen) atoms. The van der Waals surface area contributed by atoms with Gasteiger partial charge in [0.15, 0.2) is 0 Å². The number of urea groups is 1. The van der Waals surface area contributed by atoms with Crippen molar-refractivity contribution in [3.05, 3.63) is 21.9 Å². The normalized spacial score (nSPS) is 16.7. The molecule has 0 radical (unpaired) electrons. The van der Waals surface area contributed by atoms with Gasteiger partial charge >= 0.3 is 6.03 Å². The summed E-state index contributed by atoms with van der Waals surface area (Å²) in [4.78, 5) is 16.7. The van der Waals surface area contributed by atoms with Crippen molar-refractivity contribution < 1.29 is 9.53 Å². The second-order valence-corrected chi connectivity index (χ2v) is 7.33. The lowest BCUT2D eigenvalue weighted by atomic mass is 10.0. The van der Waals surface area contributed by atoms with Crippen molar-refractivity contribution in [3.63, 3.8) is 0 Å². The zero-order valence-corrected chi connectivity index (χ0v) is 13.9. The minimum atomic E-state index is -0.109. The van der Waals surface area contributed by atoms with Gasteiger partial charge in [0.05, 0.1) is 19.8 Å². The molecule has 6 heteroatoms. The minimum absolute atomic E-state index is 0.0549. The Hall–Kier alpha value is -1.11. The van der Waals surface area contributed by atoms with Crippen LogP contribution in [0.5, 0.6) is 0 Å². The summed E-state index contributed by atoms with van der Waals surface area (Å²) in [5.74, 6) is 0. The van der Waals surface area contributed by atoms with Crippen molar-refractivity contribution in [3.8, 4) is 0 Å². The third-order valence-corrected chi connectivity index (χ3v) is 4.77. The molecule has 2 rings (SSSR count). The molecule has 1 saturated heterocycles. The van der Waals surface area contributed by atoms with Crippen LogP contribution in [0.4, 0.5) is 4.79 Å². The van der Waals surface area contributed by atoms with E-state index in [-0.39, 0.29) is 11.6 Å². The fraction of sp³-hybridized carbons (Fsp3) is 0.667. The predicted molar refractivity (Wildman–Crippen MR) is 85.8 cm³/mol. The molecule has 0 unspecified atom stereocenters. The fourth-order valence-electron chi connectivity index (χ4n) is 2.39. The van der Waals surface area contributed by atoms with Crippen LogP contribution in [0.25, 0.3) is 0 Å². The molecule has 1 fully saturated rings. The van der Waals surface area contributed by atoms with Crippen LogP contribution < -0.4 is 10.6 Å². The molecule has 0 aliphatic carbocycles. The zero-order valence-electron chi connectivity index (χ0n) is 13.1.